The maximum absolute atomic E-state index is 13.4. The van der Waals surface area contributed by atoms with Gasteiger partial charge in [0.05, 0.1) is 11.3 Å². The molecule has 4 nitrogen and oxygen atoms in total. The van der Waals surface area contributed by atoms with Crippen molar-refractivity contribution < 1.29 is 19.0 Å². The maximum atomic E-state index is 13.4. The summed E-state index contributed by atoms with van der Waals surface area (Å²) in [6.45, 7) is 0.201. The first-order valence-electron chi connectivity index (χ1n) is 5.22. The number of rotatable bonds is 4. The van der Waals surface area contributed by atoms with Crippen LogP contribution in [0.2, 0.25) is 0 Å². The van der Waals surface area contributed by atoms with Crippen molar-refractivity contribution in [1.29, 1.82) is 0 Å². The molecule has 0 amide bonds. The molecule has 2 rings (SSSR count). The molecule has 0 aliphatic heterocycles. The van der Waals surface area contributed by atoms with E-state index in [1.807, 2.05) is 6.07 Å². The van der Waals surface area contributed by atoms with Gasteiger partial charge in [-0.25, -0.2) is 9.18 Å². The molecule has 0 aliphatic carbocycles. The Labute approximate surface area is 103 Å². The lowest BCUT2D eigenvalue weighted by Gasteiger charge is -2.06. The van der Waals surface area contributed by atoms with Gasteiger partial charge in [0.15, 0.2) is 0 Å². The summed E-state index contributed by atoms with van der Waals surface area (Å²) in [5, 5.41) is 8.67. The van der Waals surface area contributed by atoms with Gasteiger partial charge < -0.3 is 9.84 Å². The van der Waals surface area contributed by atoms with E-state index in [1.165, 1.54) is 12.1 Å². The fraction of sp³-hybridized carbons (Fsp3) is 0.0769. The molecule has 0 bridgehead atoms. The van der Waals surface area contributed by atoms with E-state index in [1.54, 1.807) is 18.3 Å². The van der Waals surface area contributed by atoms with Gasteiger partial charge >= 0.3 is 5.97 Å². The molecule has 18 heavy (non-hydrogen) atoms. The second-order valence-electron chi connectivity index (χ2n) is 3.56. The highest BCUT2D eigenvalue weighted by Gasteiger charge is 2.10. The molecule has 92 valence electrons. The van der Waals surface area contributed by atoms with E-state index in [-0.39, 0.29) is 17.9 Å². The number of carbonyl (C=O) groups is 1. The number of ether oxygens (including phenoxy) is 1. The quantitative estimate of drug-likeness (QED) is 0.901. The van der Waals surface area contributed by atoms with E-state index >= 15 is 0 Å². The Morgan fingerprint density at radius 2 is 2.17 bits per heavy atom. The van der Waals surface area contributed by atoms with Crippen LogP contribution < -0.4 is 4.74 Å². The number of hydrogen-bond acceptors (Lipinski definition) is 3. The number of carboxylic acid groups (broad SMARTS) is 1. The van der Waals surface area contributed by atoms with Crippen LogP contribution in [-0.4, -0.2) is 16.1 Å². The fourth-order valence-electron chi connectivity index (χ4n) is 1.40. The van der Waals surface area contributed by atoms with E-state index in [0.717, 1.165) is 6.07 Å². The predicted molar refractivity (Wildman–Crippen MR) is 61.9 cm³/mol. The molecule has 0 saturated heterocycles. The Morgan fingerprint density at radius 1 is 1.33 bits per heavy atom. The largest absolute Gasteiger partial charge is 0.487 e. The zero-order valence-electron chi connectivity index (χ0n) is 9.34. The summed E-state index contributed by atoms with van der Waals surface area (Å²) < 4.78 is 18.7. The number of carboxylic acids is 1. The van der Waals surface area contributed by atoms with Crippen molar-refractivity contribution in [1.82, 2.24) is 4.98 Å². The van der Waals surface area contributed by atoms with Crippen LogP contribution in [0.15, 0.2) is 42.6 Å². The second kappa shape index (κ2) is 5.27. The molecular formula is C13H10FNO3. The number of halogens is 1. The van der Waals surface area contributed by atoms with Crippen molar-refractivity contribution in [2.24, 2.45) is 0 Å². The Morgan fingerprint density at radius 3 is 2.78 bits per heavy atom. The minimum Gasteiger partial charge on any atom is -0.487 e. The number of aromatic carboxylic acids is 1. The molecule has 5 heteroatoms. The predicted octanol–water partition coefficient (Wildman–Crippen LogP) is 2.50. The van der Waals surface area contributed by atoms with Gasteiger partial charge in [-0.2, -0.15) is 0 Å². The number of hydrogen-bond donors (Lipinski definition) is 1. The SMILES string of the molecule is O=C(O)c1ccc(OCc2ccccn2)cc1F. The van der Waals surface area contributed by atoms with Crippen molar-refractivity contribution in [2.45, 2.75) is 6.61 Å². The average molecular weight is 247 g/mol. The highest BCUT2D eigenvalue weighted by atomic mass is 19.1. The van der Waals surface area contributed by atoms with E-state index in [2.05, 4.69) is 4.98 Å². The second-order valence-corrected chi connectivity index (χ2v) is 3.56. The molecule has 1 heterocycles. The first kappa shape index (κ1) is 12.0. The Hall–Kier alpha value is -2.43. The lowest BCUT2D eigenvalue weighted by atomic mass is 10.2. The normalized spacial score (nSPS) is 10.1. The minimum atomic E-state index is -1.30. The summed E-state index contributed by atoms with van der Waals surface area (Å²) >= 11 is 0. The molecule has 1 aromatic heterocycles. The lowest BCUT2D eigenvalue weighted by Crippen LogP contribution is -2.02. The molecule has 0 saturated carbocycles. The van der Waals surface area contributed by atoms with Crippen LogP contribution in [0.4, 0.5) is 4.39 Å². The van der Waals surface area contributed by atoms with Gasteiger partial charge in [-0.05, 0) is 24.3 Å². The maximum Gasteiger partial charge on any atom is 0.338 e. The molecule has 1 aromatic carbocycles. The van der Waals surface area contributed by atoms with E-state index in [9.17, 15) is 9.18 Å². The third-order valence-corrected chi connectivity index (χ3v) is 2.28. The molecule has 0 radical (unpaired) electrons. The third kappa shape index (κ3) is 2.82. The van der Waals surface area contributed by atoms with Gasteiger partial charge in [-0.1, -0.05) is 6.07 Å². The standard InChI is InChI=1S/C13H10FNO3/c14-12-7-10(4-5-11(12)13(16)17)18-8-9-3-1-2-6-15-9/h1-7H,8H2,(H,16,17). The summed E-state index contributed by atoms with van der Waals surface area (Å²) in [5.41, 5.74) is 0.334. The molecule has 0 atom stereocenters. The first-order chi connectivity index (χ1) is 8.66. The number of benzene rings is 1. The van der Waals surface area contributed by atoms with Gasteiger partial charge in [-0.15, -0.1) is 0 Å². The minimum absolute atomic E-state index is 0.201. The van der Waals surface area contributed by atoms with Crippen molar-refractivity contribution in [3.63, 3.8) is 0 Å². The van der Waals surface area contributed by atoms with Crippen LogP contribution in [0.1, 0.15) is 16.1 Å². The smallest absolute Gasteiger partial charge is 0.338 e. The van der Waals surface area contributed by atoms with Crippen molar-refractivity contribution in [3.05, 3.63) is 59.7 Å². The highest BCUT2D eigenvalue weighted by Crippen LogP contribution is 2.17. The van der Waals surface area contributed by atoms with Gasteiger partial charge in [0, 0.05) is 12.3 Å². The van der Waals surface area contributed by atoms with Crippen LogP contribution >= 0.6 is 0 Å². The van der Waals surface area contributed by atoms with Gasteiger partial charge in [-0.3, -0.25) is 4.98 Å². The van der Waals surface area contributed by atoms with Crippen molar-refractivity contribution in [2.75, 3.05) is 0 Å². The molecule has 2 aromatic rings. The molecule has 0 fully saturated rings. The Kier molecular flexibility index (Phi) is 3.52. The van der Waals surface area contributed by atoms with Crippen molar-refractivity contribution >= 4 is 5.97 Å². The number of pyridine rings is 1. The zero-order chi connectivity index (χ0) is 13.0. The monoisotopic (exact) mass is 247 g/mol. The molecule has 0 spiro atoms. The summed E-state index contributed by atoms with van der Waals surface area (Å²) in [7, 11) is 0. The highest BCUT2D eigenvalue weighted by molar-refractivity contribution is 5.88. The van der Waals surface area contributed by atoms with E-state index < -0.39 is 11.8 Å². The molecule has 0 unspecified atom stereocenters. The third-order valence-electron chi connectivity index (χ3n) is 2.28. The van der Waals surface area contributed by atoms with E-state index in [4.69, 9.17) is 9.84 Å². The molecular weight excluding hydrogens is 237 g/mol. The summed E-state index contributed by atoms with van der Waals surface area (Å²) in [5.74, 6) is -1.85. The van der Waals surface area contributed by atoms with Crippen LogP contribution in [0.25, 0.3) is 0 Å². The number of nitrogens with zero attached hydrogens (tertiary/aromatic N) is 1. The van der Waals surface area contributed by atoms with E-state index in [0.29, 0.717) is 5.69 Å². The summed E-state index contributed by atoms with van der Waals surface area (Å²) in [6.07, 6.45) is 1.63. The topological polar surface area (TPSA) is 59.4 Å². The lowest BCUT2D eigenvalue weighted by molar-refractivity contribution is 0.0692. The zero-order valence-corrected chi connectivity index (χ0v) is 9.34. The van der Waals surface area contributed by atoms with Gasteiger partial charge in [0.2, 0.25) is 0 Å². The van der Waals surface area contributed by atoms with Gasteiger partial charge in [0.1, 0.15) is 18.2 Å². The van der Waals surface area contributed by atoms with Crippen LogP contribution in [0, 0.1) is 5.82 Å². The summed E-state index contributed by atoms with van der Waals surface area (Å²) in [6, 6.07) is 9.01. The van der Waals surface area contributed by atoms with Crippen LogP contribution in [-0.2, 0) is 6.61 Å². The molecule has 1 N–H and O–H groups in total. The van der Waals surface area contributed by atoms with Gasteiger partial charge in [0.25, 0.3) is 0 Å². The average Bonchev–Trinajstić information content (AvgIpc) is 2.37. The first-order valence-corrected chi connectivity index (χ1v) is 5.22. The Bertz CT molecular complexity index is 557. The van der Waals surface area contributed by atoms with Crippen molar-refractivity contribution in [3.8, 4) is 5.75 Å². The fourth-order valence-corrected chi connectivity index (χ4v) is 1.40. The molecule has 0 aliphatic rings. The van der Waals surface area contributed by atoms with Crippen LogP contribution in [0.3, 0.4) is 0 Å². The summed E-state index contributed by atoms with van der Waals surface area (Å²) in [4.78, 5) is 14.7. The van der Waals surface area contributed by atoms with Crippen LogP contribution in [0.5, 0.6) is 5.75 Å². The Balaban J connectivity index is 2.07. The number of aromatic nitrogens is 1.